The van der Waals surface area contributed by atoms with Crippen LogP contribution in [0, 0.1) is 0 Å². The SMILES string of the molecule is Nc1ccc2nc(CSC3CCCC3)[nH]c2c1. The normalized spacial score (nSPS) is 16.9. The zero-order valence-electron chi connectivity index (χ0n) is 9.78. The maximum Gasteiger partial charge on any atom is 0.117 e. The molecule has 0 atom stereocenters. The number of H-pyrrole nitrogens is 1. The van der Waals surface area contributed by atoms with Crippen molar-refractivity contribution in [3.63, 3.8) is 0 Å². The van der Waals surface area contributed by atoms with Crippen LogP contribution in [0.2, 0.25) is 0 Å². The summed E-state index contributed by atoms with van der Waals surface area (Å²) in [4.78, 5) is 7.93. The minimum absolute atomic E-state index is 0.788. The Bertz CT molecular complexity index is 514. The van der Waals surface area contributed by atoms with Crippen LogP contribution in [0.4, 0.5) is 5.69 Å². The molecule has 0 aliphatic heterocycles. The summed E-state index contributed by atoms with van der Waals surface area (Å²) < 4.78 is 0. The lowest BCUT2D eigenvalue weighted by molar-refractivity contribution is 0.886. The largest absolute Gasteiger partial charge is 0.399 e. The predicted molar refractivity (Wildman–Crippen MR) is 74.1 cm³/mol. The fourth-order valence-corrected chi connectivity index (χ4v) is 3.60. The van der Waals surface area contributed by atoms with E-state index in [1.807, 2.05) is 30.0 Å². The second kappa shape index (κ2) is 4.61. The van der Waals surface area contributed by atoms with Gasteiger partial charge in [-0.3, -0.25) is 0 Å². The van der Waals surface area contributed by atoms with Crippen molar-refractivity contribution in [2.75, 3.05) is 5.73 Å². The zero-order chi connectivity index (χ0) is 11.7. The fourth-order valence-electron chi connectivity index (χ4n) is 2.40. The molecule has 0 unspecified atom stereocenters. The lowest BCUT2D eigenvalue weighted by atomic mass is 10.3. The highest BCUT2D eigenvalue weighted by Gasteiger charge is 2.15. The van der Waals surface area contributed by atoms with E-state index in [2.05, 4.69) is 9.97 Å². The lowest BCUT2D eigenvalue weighted by Crippen LogP contribution is -1.95. The Hall–Kier alpha value is -1.16. The number of rotatable bonds is 3. The van der Waals surface area contributed by atoms with Crippen molar-refractivity contribution < 1.29 is 0 Å². The van der Waals surface area contributed by atoms with Crippen LogP contribution in [0.25, 0.3) is 11.0 Å². The molecule has 17 heavy (non-hydrogen) atoms. The van der Waals surface area contributed by atoms with Gasteiger partial charge >= 0.3 is 0 Å². The number of benzene rings is 1. The number of thioether (sulfide) groups is 1. The second-order valence-corrected chi connectivity index (χ2v) is 5.97. The third kappa shape index (κ3) is 2.41. The molecule has 3 N–H and O–H groups in total. The number of aromatic nitrogens is 2. The smallest absolute Gasteiger partial charge is 0.117 e. The Balaban J connectivity index is 1.72. The molecule has 0 radical (unpaired) electrons. The zero-order valence-corrected chi connectivity index (χ0v) is 10.6. The highest BCUT2D eigenvalue weighted by atomic mass is 32.2. The Labute approximate surface area is 105 Å². The lowest BCUT2D eigenvalue weighted by Gasteiger charge is -2.05. The van der Waals surface area contributed by atoms with Gasteiger partial charge in [0.25, 0.3) is 0 Å². The number of nitrogens with one attached hydrogen (secondary N) is 1. The van der Waals surface area contributed by atoms with Gasteiger partial charge in [0, 0.05) is 10.9 Å². The summed E-state index contributed by atoms with van der Waals surface area (Å²) in [7, 11) is 0. The molecule has 1 aliphatic rings. The molecule has 0 amide bonds. The molecule has 90 valence electrons. The van der Waals surface area contributed by atoms with Gasteiger partial charge in [-0.1, -0.05) is 12.8 Å². The van der Waals surface area contributed by atoms with Gasteiger partial charge in [-0.2, -0.15) is 11.8 Å². The van der Waals surface area contributed by atoms with E-state index >= 15 is 0 Å². The van der Waals surface area contributed by atoms with Crippen molar-refractivity contribution in [3.8, 4) is 0 Å². The average molecular weight is 247 g/mol. The van der Waals surface area contributed by atoms with E-state index in [9.17, 15) is 0 Å². The second-order valence-electron chi connectivity index (χ2n) is 4.68. The minimum Gasteiger partial charge on any atom is -0.399 e. The van der Waals surface area contributed by atoms with Crippen LogP contribution in [0.5, 0.6) is 0 Å². The number of anilines is 1. The quantitative estimate of drug-likeness (QED) is 0.818. The van der Waals surface area contributed by atoms with Crippen LogP contribution in [0.15, 0.2) is 18.2 Å². The molecule has 1 aliphatic carbocycles. The van der Waals surface area contributed by atoms with Gasteiger partial charge in [-0.05, 0) is 31.0 Å². The molecule has 1 heterocycles. The Morgan fingerprint density at radius 3 is 3.00 bits per heavy atom. The maximum absolute atomic E-state index is 5.75. The van der Waals surface area contributed by atoms with Gasteiger partial charge in [-0.15, -0.1) is 0 Å². The van der Waals surface area contributed by atoms with Gasteiger partial charge in [0.2, 0.25) is 0 Å². The van der Waals surface area contributed by atoms with Gasteiger partial charge in [-0.25, -0.2) is 4.98 Å². The topological polar surface area (TPSA) is 54.7 Å². The molecule has 1 fully saturated rings. The number of nitrogens with zero attached hydrogens (tertiary/aromatic N) is 1. The number of nitrogen functional groups attached to an aromatic ring is 1. The number of hydrogen-bond donors (Lipinski definition) is 2. The van der Waals surface area contributed by atoms with Crippen molar-refractivity contribution in [1.29, 1.82) is 0 Å². The summed E-state index contributed by atoms with van der Waals surface area (Å²) in [5.74, 6) is 2.06. The predicted octanol–water partition coefficient (Wildman–Crippen LogP) is 3.32. The van der Waals surface area contributed by atoms with Crippen molar-refractivity contribution >= 4 is 28.5 Å². The molecule has 2 aromatic rings. The van der Waals surface area contributed by atoms with Crippen molar-refractivity contribution in [1.82, 2.24) is 9.97 Å². The highest BCUT2D eigenvalue weighted by molar-refractivity contribution is 7.99. The summed E-state index contributed by atoms with van der Waals surface area (Å²) in [6.45, 7) is 0. The van der Waals surface area contributed by atoms with Gasteiger partial charge in [0.1, 0.15) is 5.82 Å². The molecule has 0 saturated heterocycles. The highest BCUT2D eigenvalue weighted by Crippen LogP contribution is 2.31. The summed E-state index contributed by atoms with van der Waals surface area (Å²) in [5.41, 5.74) is 8.60. The molecule has 1 aromatic heterocycles. The van der Waals surface area contributed by atoms with E-state index < -0.39 is 0 Å². The number of aromatic amines is 1. The maximum atomic E-state index is 5.75. The van der Waals surface area contributed by atoms with Crippen LogP contribution < -0.4 is 5.73 Å². The number of hydrogen-bond acceptors (Lipinski definition) is 3. The van der Waals surface area contributed by atoms with E-state index in [0.29, 0.717) is 0 Å². The number of nitrogens with two attached hydrogens (primary N) is 1. The van der Waals surface area contributed by atoms with Crippen LogP contribution in [0.1, 0.15) is 31.5 Å². The summed E-state index contributed by atoms with van der Waals surface area (Å²) >= 11 is 2.03. The molecule has 0 bridgehead atoms. The molecule has 0 spiro atoms. The van der Waals surface area contributed by atoms with Gasteiger partial charge in [0.05, 0.1) is 16.8 Å². The van der Waals surface area contributed by atoms with Crippen LogP contribution in [-0.4, -0.2) is 15.2 Å². The van der Waals surface area contributed by atoms with Crippen LogP contribution in [0.3, 0.4) is 0 Å². The first-order valence-corrected chi connectivity index (χ1v) is 7.22. The van der Waals surface area contributed by atoms with Crippen molar-refractivity contribution in [3.05, 3.63) is 24.0 Å². The fraction of sp³-hybridized carbons (Fsp3) is 0.462. The van der Waals surface area contributed by atoms with E-state index in [1.165, 1.54) is 25.7 Å². The third-order valence-electron chi connectivity index (χ3n) is 3.31. The van der Waals surface area contributed by atoms with Crippen molar-refractivity contribution in [2.24, 2.45) is 0 Å². The van der Waals surface area contributed by atoms with E-state index in [-0.39, 0.29) is 0 Å². The first-order chi connectivity index (χ1) is 8.31. The Morgan fingerprint density at radius 1 is 1.35 bits per heavy atom. The first-order valence-electron chi connectivity index (χ1n) is 6.17. The molecule has 1 aromatic carbocycles. The van der Waals surface area contributed by atoms with Crippen LogP contribution >= 0.6 is 11.8 Å². The minimum atomic E-state index is 0.788. The summed E-state index contributed by atoms with van der Waals surface area (Å²) in [6, 6.07) is 5.83. The molecule has 4 heteroatoms. The molecular formula is C13H17N3S. The first kappa shape index (κ1) is 11.0. The third-order valence-corrected chi connectivity index (χ3v) is 4.70. The Kier molecular flexibility index (Phi) is 2.97. The van der Waals surface area contributed by atoms with Gasteiger partial charge < -0.3 is 10.7 Å². The summed E-state index contributed by atoms with van der Waals surface area (Å²) in [6.07, 6.45) is 5.54. The molecule has 3 rings (SSSR count). The Morgan fingerprint density at radius 2 is 2.18 bits per heavy atom. The average Bonchev–Trinajstić information content (AvgIpc) is 2.94. The molecule has 1 saturated carbocycles. The monoisotopic (exact) mass is 247 g/mol. The van der Waals surface area contributed by atoms with E-state index in [4.69, 9.17) is 5.73 Å². The van der Waals surface area contributed by atoms with Crippen LogP contribution in [-0.2, 0) is 5.75 Å². The molecular weight excluding hydrogens is 230 g/mol. The van der Waals surface area contributed by atoms with E-state index in [0.717, 1.165) is 33.5 Å². The summed E-state index contributed by atoms with van der Waals surface area (Å²) in [5, 5.41) is 0.841. The van der Waals surface area contributed by atoms with Crippen molar-refractivity contribution in [2.45, 2.75) is 36.7 Å². The standard InChI is InChI=1S/C13H17N3S/c14-9-5-6-11-12(7-9)16-13(15-11)8-17-10-3-1-2-4-10/h5-7,10H,1-4,8,14H2,(H,15,16). The number of fused-ring (bicyclic) bond motifs is 1. The molecule has 3 nitrogen and oxygen atoms in total. The number of imidazole rings is 1. The van der Waals surface area contributed by atoms with Gasteiger partial charge in [0.15, 0.2) is 0 Å². The van der Waals surface area contributed by atoms with E-state index in [1.54, 1.807) is 0 Å².